The lowest BCUT2D eigenvalue weighted by Crippen LogP contribution is -2.10. The Hall–Kier alpha value is -2.52. The minimum atomic E-state index is -0.209. The van der Waals surface area contributed by atoms with Crippen molar-refractivity contribution >= 4 is 22.8 Å². The Bertz CT molecular complexity index is 904. The van der Waals surface area contributed by atoms with Gasteiger partial charge in [-0.1, -0.05) is 35.9 Å². The van der Waals surface area contributed by atoms with E-state index in [4.69, 9.17) is 6.42 Å². The smallest absolute Gasteiger partial charge is 0.262 e. The van der Waals surface area contributed by atoms with Gasteiger partial charge in [-0.05, 0) is 18.6 Å². The summed E-state index contributed by atoms with van der Waals surface area (Å²) in [4.78, 5) is 19.3. The number of nitrogens with zero attached hydrogens (tertiary/aromatic N) is 3. The van der Waals surface area contributed by atoms with Gasteiger partial charge in [-0.2, -0.15) is 5.10 Å². The number of rotatable bonds is 3. The summed E-state index contributed by atoms with van der Waals surface area (Å²) >= 11 is 1.32. The molecule has 0 spiro atoms. The van der Waals surface area contributed by atoms with Crippen LogP contribution >= 0.6 is 11.8 Å². The molecule has 0 saturated heterocycles. The molecule has 6 heteroatoms. The normalized spacial score (nSPS) is 10.7. The molecule has 0 fully saturated rings. The number of para-hydroxylation sites is 1. The topological polar surface area (TPSA) is 63.6 Å². The monoisotopic (exact) mass is 296 g/mol. The van der Waals surface area contributed by atoms with Crippen LogP contribution in [0, 0.1) is 19.3 Å². The second-order valence-corrected chi connectivity index (χ2v) is 5.41. The quantitative estimate of drug-likeness (QED) is 0.457. The molecule has 2 aromatic heterocycles. The fourth-order valence-electron chi connectivity index (χ4n) is 2.05. The molecule has 3 rings (SSSR count). The zero-order valence-electron chi connectivity index (χ0n) is 11.3. The highest BCUT2D eigenvalue weighted by molar-refractivity contribution is 7.99. The minimum absolute atomic E-state index is 0.209. The summed E-state index contributed by atoms with van der Waals surface area (Å²) in [6, 6.07) is 7.82. The summed E-state index contributed by atoms with van der Waals surface area (Å²) in [6.45, 7) is 1.99. The van der Waals surface area contributed by atoms with E-state index < -0.39 is 0 Å². The van der Waals surface area contributed by atoms with Gasteiger partial charge in [0, 0.05) is 0 Å². The van der Waals surface area contributed by atoms with Gasteiger partial charge in [-0.3, -0.25) is 4.79 Å². The Kier molecular flexibility index (Phi) is 3.50. The molecule has 2 heterocycles. The molecule has 0 bridgehead atoms. The number of thioether (sulfide) groups is 1. The minimum Gasteiger partial charge on any atom is -0.301 e. The maximum absolute atomic E-state index is 12.1. The Morgan fingerprint density at radius 2 is 2.24 bits per heavy atom. The van der Waals surface area contributed by atoms with Gasteiger partial charge in [0.1, 0.15) is 5.39 Å². The van der Waals surface area contributed by atoms with E-state index in [9.17, 15) is 4.79 Å². The summed E-state index contributed by atoms with van der Waals surface area (Å²) < 4.78 is 1.68. The van der Waals surface area contributed by atoms with Gasteiger partial charge in [-0.25, -0.2) is 9.67 Å². The third-order valence-electron chi connectivity index (χ3n) is 3.05. The molecule has 0 radical (unpaired) electrons. The predicted molar refractivity (Wildman–Crippen MR) is 83.8 cm³/mol. The largest absolute Gasteiger partial charge is 0.301 e. The van der Waals surface area contributed by atoms with Crippen molar-refractivity contribution in [2.75, 3.05) is 5.75 Å². The lowest BCUT2D eigenvalue weighted by atomic mass is 10.2. The molecular formula is C15H12N4OS. The number of aryl methyl sites for hydroxylation is 1. The van der Waals surface area contributed by atoms with Crippen molar-refractivity contribution in [3.63, 3.8) is 0 Å². The molecule has 0 aliphatic rings. The zero-order chi connectivity index (χ0) is 14.8. The van der Waals surface area contributed by atoms with Gasteiger partial charge < -0.3 is 4.98 Å². The second-order valence-electron chi connectivity index (χ2n) is 4.44. The summed E-state index contributed by atoms with van der Waals surface area (Å²) in [6.07, 6.45) is 6.77. The van der Waals surface area contributed by atoms with Crippen LogP contribution in [0.4, 0.5) is 0 Å². The van der Waals surface area contributed by atoms with E-state index in [0.717, 1.165) is 11.3 Å². The van der Waals surface area contributed by atoms with Gasteiger partial charge in [0.2, 0.25) is 0 Å². The molecule has 0 unspecified atom stereocenters. The SMILES string of the molecule is C#CCSc1nc2c(cnn2-c2ccccc2C)c(=O)[nH]1. The first-order valence-corrected chi connectivity index (χ1v) is 7.29. The van der Waals surface area contributed by atoms with Gasteiger partial charge in [0.15, 0.2) is 10.8 Å². The van der Waals surface area contributed by atoms with Crippen LogP contribution in [0.15, 0.2) is 40.4 Å². The van der Waals surface area contributed by atoms with Crippen LogP contribution in [-0.4, -0.2) is 25.5 Å². The Morgan fingerprint density at radius 3 is 3.00 bits per heavy atom. The average molecular weight is 296 g/mol. The fraction of sp³-hybridized carbons (Fsp3) is 0.133. The molecule has 3 aromatic rings. The van der Waals surface area contributed by atoms with Gasteiger partial charge in [0.05, 0.1) is 17.6 Å². The number of benzene rings is 1. The summed E-state index contributed by atoms with van der Waals surface area (Å²) in [7, 11) is 0. The standard InChI is InChI=1S/C15H12N4OS/c1-3-8-21-15-17-13-11(14(20)18-15)9-16-19(13)12-7-5-4-6-10(12)2/h1,4-7,9H,8H2,2H3,(H,17,18,20). The number of nitrogens with one attached hydrogen (secondary N) is 1. The Morgan fingerprint density at radius 1 is 1.43 bits per heavy atom. The van der Waals surface area contributed by atoms with Crippen molar-refractivity contribution in [1.29, 1.82) is 0 Å². The first-order valence-electron chi connectivity index (χ1n) is 6.31. The van der Waals surface area contributed by atoms with Crippen molar-refractivity contribution in [1.82, 2.24) is 19.7 Å². The highest BCUT2D eigenvalue weighted by Gasteiger charge is 2.12. The van der Waals surface area contributed by atoms with Crippen molar-refractivity contribution in [2.45, 2.75) is 12.1 Å². The molecule has 0 amide bonds. The van der Waals surface area contributed by atoms with Gasteiger partial charge in [-0.15, -0.1) is 6.42 Å². The van der Waals surface area contributed by atoms with Crippen LogP contribution in [0.1, 0.15) is 5.56 Å². The van der Waals surface area contributed by atoms with E-state index in [1.54, 1.807) is 4.68 Å². The number of hydrogen-bond acceptors (Lipinski definition) is 4. The van der Waals surface area contributed by atoms with E-state index in [2.05, 4.69) is 21.0 Å². The number of aromatic amines is 1. The van der Waals surface area contributed by atoms with E-state index >= 15 is 0 Å². The lowest BCUT2D eigenvalue weighted by molar-refractivity contribution is 0.867. The van der Waals surface area contributed by atoms with Crippen molar-refractivity contribution in [3.05, 3.63) is 46.4 Å². The van der Waals surface area contributed by atoms with Gasteiger partial charge >= 0.3 is 0 Å². The van der Waals surface area contributed by atoms with Crippen LogP contribution in [0.25, 0.3) is 16.7 Å². The average Bonchev–Trinajstić information content (AvgIpc) is 2.90. The van der Waals surface area contributed by atoms with Crippen LogP contribution in [0.3, 0.4) is 0 Å². The van der Waals surface area contributed by atoms with Crippen LogP contribution in [0.5, 0.6) is 0 Å². The number of aromatic nitrogens is 4. The van der Waals surface area contributed by atoms with Gasteiger partial charge in [0.25, 0.3) is 5.56 Å². The molecule has 5 nitrogen and oxygen atoms in total. The van der Waals surface area contributed by atoms with Crippen LogP contribution < -0.4 is 5.56 Å². The Labute approximate surface area is 125 Å². The first kappa shape index (κ1) is 13.5. The molecule has 0 saturated carbocycles. The highest BCUT2D eigenvalue weighted by Crippen LogP contribution is 2.19. The molecule has 1 aromatic carbocycles. The molecule has 0 aliphatic carbocycles. The molecule has 21 heavy (non-hydrogen) atoms. The third-order valence-corrected chi connectivity index (χ3v) is 3.83. The molecular weight excluding hydrogens is 284 g/mol. The van der Waals surface area contributed by atoms with Crippen LogP contribution in [0.2, 0.25) is 0 Å². The number of H-pyrrole nitrogens is 1. The number of fused-ring (bicyclic) bond motifs is 1. The van der Waals surface area contributed by atoms with Crippen molar-refractivity contribution in [2.24, 2.45) is 0 Å². The maximum Gasteiger partial charge on any atom is 0.262 e. The summed E-state index contributed by atoms with van der Waals surface area (Å²) in [5, 5.41) is 5.26. The lowest BCUT2D eigenvalue weighted by Gasteiger charge is -2.06. The number of hydrogen-bond donors (Lipinski definition) is 1. The zero-order valence-corrected chi connectivity index (χ0v) is 12.1. The predicted octanol–water partition coefficient (Wildman–Crippen LogP) is 2.14. The number of terminal acetylenes is 1. The Balaban J connectivity index is 2.21. The third kappa shape index (κ3) is 2.43. The second kappa shape index (κ2) is 5.46. The van der Waals surface area contributed by atoms with Crippen LogP contribution in [-0.2, 0) is 0 Å². The molecule has 1 N–H and O–H groups in total. The van der Waals surface area contributed by atoms with Crippen molar-refractivity contribution < 1.29 is 0 Å². The molecule has 104 valence electrons. The maximum atomic E-state index is 12.1. The first-order chi connectivity index (χ1) is 10.2. The van der Waals surface area contributed by atoms with E-state index in [1.807, 2.05) is 31.2 Å². The van der Waals surface area contributed by atoms with Crippen molar-refractivity contribution in [3.8, 4) is 18.0 Å². The summed E-state index contributed by atoms with van der Waals surface area (Å²) in [5.41, 5.74) is 2.29. The molecule has 0 atom stereocenters. The van der Waals surface area contributed by atoms with E-state index in [0.29, 0.717) is 21.9 Å². The highest BCUT2D eigenvalue weighted by atomic mass is 32.2. The molecule has 0 aliphatic heterocycles. The fourth-order valence-corrected chi connectivity index (χ4v) is 2.59. The van der Waals surface area contributed by atoms with E-state index in [1.165, 1.54) is 18.0 Å². The van der Waals surface area contributed by atoms with E-state index in [-0.39, 0.29) is 5.56 Å². The summed E-state index contributed by atoms with van der Waals surface area (Å²) in [5.74, 6) is 2.96.